The van der Waals surface area contributed by atoms with E-state index in [1.807, 2.05) is 6.92 Å². The third-order valence-electron chi connectivity index (χ3n) is 4.13. The van der Waals surface area contributed by atoms with Crippen LogP contribution in [-0.4, -0.2) is 28.3 Å². The summed E-state index contributed by atoms with van der Waals surface area (Å²) >= 11 is 6.02. The highest BCUT2D eigenvalue weighted by Gasteiger charge is 2.18. The number of fused-ring (bicyclic) bond motifs is 1. The fraction of sp³-hybridized carbons (Fsp3) is 0.158. The van der Waals surface area contributed by atoms with Gasteiger partial charge in [0.1, 0.15) is 0 Å². The summed E-state index contributed by atoms with van der Waals surface area (Å²) < 4.78 is 0. The molecule has 0 aliphatic heterocycles. The third kappa shape index (κ3) is 3.96. The fourth-order valence-electron chi connectivity index (χ4n) is 2.75. The number of nitrogens with one attached hydrogen (secondary N) is 3. The minimum Gasteiger partial charge on any atom is -0.360 e. The smallest absolute Gasteiger partial charge is 0.270 e. The van der Waals surface area contributed by atoms with Gasteiger partial charge < -0.3 is 15.6 Å². The molecule has 0 saturated heterocycles. The van der Waals surface area contributed by atoms with E-state index in [1.165, 1.54) is 36.5 Å². The minimum absolute atomic E-state index is 0.122. The maximum absolute atomic E-state index is 12.8. The number of hydrogen-bond acceptors (Lipinski definition) is 4. The van der Waals surface area contributed by atoms with Gasteiger partial charge >= 0.3 is 0 Å². The second-order valence-electron chi connectivity index (χ2n) is 6.09. The first kappa shape index (κ1) is 19.4. The molecule has 3 N–H and O–H groups in total. The molecule has 0 spiro atoms. The average molecular weight is 401 g/mol. The molecular weight excluding hydrogens is 384 g/mol. The Bertz CT molecular complexity index is 1080. The summed E-state index contributed by atoms with van der Waals surface area (Å²) in [4.78, 5) is 38.5. The largest absolute Gasteiger partial charge is 0.360 e. The molecular formula is C19H17ClN4O4. The van der Waals surface area contributed by atoms with Crippen LogP contribution in [-0.2, 0) is 0 Å². The van der Waals surface area contributed by atoms with Crippen LogP contribution in [0.1, 0.15) is 34.1 Å². The Balaban J connectivity index is 1.94. The van der Waals surface area contributed by atoms with Crippen molar-refractivity contribution in [2.24, 2.45) is 0 Å². The lowest BCUT2D eigenvalue weighted by Crippen LogP contribution is -2.25. The number of non-ortho nitro benzene ring substituents is 1. The molecule has 8 nitrogen and oxygen atoms in total. The molecule has 2 aromatic carbocycles. The highest BCUT2D eigenvalue weighted by Crippen LogP contribution is 2.26. The number of aromatic nitrogens is 1. The number of nitro groups is 1. The summed E-state index contributed by atoms with van der Waals surface area (Å²) in [7, 11) is 0. The van der Waals surface area contributed by atoms with Crippen molar-refractivity contribution in [2.45, 2.75) is 13.3 Å². The lowest BCUT2D eigenvalue weighted by Gasteiger charge is -2.11. The van der Waals surface area contributed by atoms with E-state index in [0.717, 1.165) is 6.42 Å². The van der Waals surface area contributed by atoms with E-state index in [4.69, 9.17) is 11.6 Å². The van der Waals surface area contributed by atoms with Crippen molar-refractivity contribution in [3.05, 3.63) is 68.9 Å². The van der Waals surface area contributed by atoms with Gasteiger partial charge in [-0.3, -0.25) is 19.7 Å². The van der Waals surface area contributed by atoms with Gasteiger partial charge in [0.15, 0.2) is 0 Å². The molecule has 0 unspecified atom stereocenters. The van der Waals surface area contributed by atoms with Gasteiger partial charge in [0.05, 0.1) is 21.7 Å². The van der Waals surface area contributed by atoms with Gasteiger partial charge in [-0.1, -0.05) is 18.5 Å². The molecule has 0 atom stereocenters. The Morgan fingerprint density at radius 1 is 1.14 bits per heavy atom. The number of nitro benzene ring substituents is 1. The van der Waals surface area contributed by atoms with Crippen molar-refractivity contribution < 1.29 is 14.5 Å². The number of nitrogens with zero attached hydrogens (tertiary/aromatic N) is 1. The second kappa shape index (κ2) is 8.10. The first-order valence-electron chi connectivity index (χ1n) is 8.55. The Labute approximate surface area is 165 Å². The zero-order valence-electron chi connectivity index (χ0n) is 14.9. The van der Waals surface area contributed by atoms with Gasteiger partial charge in [0.25, 0.3) is 17.5 Å². The number of aromatic amines is 1. The van der Waals surface area contributed by atoms with Crippen molar-refractivity contribution in [3.63, 3.8) is 0 Å². The SMILES string of the molecule is CCCNC(=O)c1ccc(Cl)cc1NC(=O)c1c[nH]c2ccc([N+](=O)[O-])cc12. The van der Waals surface area contributed by atoms with Crippen LogP contribution < -0.4 is 10.6 Å². The molecule has 0 saturated carbocycles. The Hall–Kier alpha value is -3.39. The van der Waals surface area contributed by atoms with Crippen LogP contribution in [0.25, 0.3) is 10.9 Å². The number of carbonyl (C=O) groups is 2. The predicted molar refractivity (Wildman–Crippen MR) is 107 cm³/mol. The summed E-state index contributed by atoms with van der Waals surface area (Å²) in [5.41, 5.74) is 1.22. The maximum Gasteiger partial charge on any atom is 0.270 e. The van der Waals surface area contributed by atoms with Crippen molar-refractivity contribution in [3.8, 4) is 0 Å². The number of carbonyl (C=O) groups excluding carboxylic acids is 2. The molecule has 2 amide bonds. The number of anilines is 1. The molecule has 28 heavy (non-hydrogen) atoms. The third-order valence-corrected chi connectivity index (χ3v) is 4.37. The number of H-pyrrole nitrogens is 1. The van der Waals surface area contributed by atoms with Crippen LogP contribution in [0, 0.1) is 10.1 Å². The van der Waals surface area contributed by atoms with Crippen LogP contribution >= 0.6 is 11.6 Å². The second-order valence-corrected chi connectivity index (χ2v) is 6.53. The van der Waals surface area contributed by atoms with Gasteiger partial charge in [-0.15, -0.1) is 0 Å². The zero-order valence-corrected chi connectivity index (χ0v) is 15.7. The normalized spacial score (nSPS) is 10.6. The van der Waals surface area contributed by atoms with Crippen molar-refractivity contribution in [1.82, 2.24) is 10.3 Å². The van der Waals surface area contributed by atoms with Crippen LogP contribution in [0.4, 0.5) is 11.4 Å². The molecule has 9 heteroatoms. The predicted octanol–water partition coefficient (Wildman–Crippen LogP) is 4.12. The Morgan fingerprint density at radius 2 is 1.93 bits per heavy atom. The summed E-state index contributed by atoms with van der Waals surface area (Å²) in [5.74, 6) is -0.845. The van der Waals surface area contributed by atoms with Crippen molar-refractivity contribution >= 4 is 45.7 Å². The van der Waals surface area contributed by atoms with E-state index in [-0.39, 0.29) is 28.4 Å². The molecule has 1 aromatic heterocycles. The number of benzene rings is 2. The van der Waals surface area contributed by atoms with Gasteiger partial charge in [-0.25, -0.2) is 0 Å². The van der Waals surface area contributed by atoms with E-state index >= 15 is 0 Å². The molecule has 0 aliphatic rings. The van der Waals surface area contributed by atoms with Crippen molar-refractivity contribution in [1.29, 1.82) is 0 Å². The Kier molecular flexibility index (Phi) is 5.60. The van der Waals surface area contributed by atoms with E-state index in [2.05, 4.69) is 15.6 Å². The van der Waals surface area contributed by atoms with E-state index in [9.17, 15) is 19.7 Å². The number of halogens is 1. The van der Waals surface area contributed by atoms with Crippen molar-refractivity contribution in [2.75, 3.05) is 11.9 Å². The van der Waals surface area contributed by atoms with Gasteiger partial charge in [0.2, 0.25) is 0 Å². The molecule has 144 valence electrons. The molecule has 0 aliphatic carbocycles. The number of rotatable bonds is 6. The lowest BCUT2D eigenvalue weighted by molar-refractivity contribution is -0.384. The minimum atomic E-state index is -0.527. The lowest BCUT2D eigenvalue weighted by atomic mass is 10.1. The number of hydrogen-bond donors (Lipinski definition) is 3. The summed E-state index contributed by atoms with van der Waals surface area (Å²) in [6.45, 7) is 2.43. The molecule has 0 radical (unpaired) electrons. The zero-order chi connectivity index (χ0) is 20.3. The standard InChI is InChI=1S/C19H17ClN4O4/c1-2-7-21-18(25)13-5-3-11(20)8-17(13)23-19(26)15-10-22-16-6-4-12(24(27)28)9-14(15)16/h3-6,8-10,22H,2,7H2,1H3,(H,21,25)(H,23,26). The average Bonchev–Trinajstić information content (AvgIpc) is 3.09. The van der Waals surface area contributed by atoms with Gasteiger partial charge in [-0.05, 0) is 30.7 Å². The molecule has 3 aromatic rings. The Morgan fingerprint density at radius 3 is 2.64 bits per heavy atom. The highest BCUT2D eigenvalue weighted by molar-refractivity contribution is 6.31. The summed E-state index contributed by atoms with van der Waals surface area (Å²) in [6.07, 6.45) is 2.24. The highest BCUT2D eigenvalue weighted by atomic mass is 35.5. The summed E-state index contributed by atoms with van der Waals surface area (Å²) in [5, 5.41) is 17.2. The van der Waals surface area contributed by atoms with Crippen LogP contribution in [0.2, 0.25) is 5.02 Å². The van der Waals surface area contributed by atoms with Gasteiger partial charge in [-0.2, -0.15) is 0 Å². The topological polar surface area (TPSA) is 117 Å². The number of amides is 2. The first-order valence-corrected chi connectivity index (χ1v) is 8.93. The van der Waals surface area contributed by atoms with E-state index in [1.54, 1.807) is 6.07 Å². The summed E-state index contributed by atoms with van der Waals surface area (Å²) in [6, 6.07) is 8.79. The first-order chi connectivity index (χ1) is 13.4. The molecule has 0 fully saturated rings. The van der Waals surface area contributed by atoms with Crippen LogP contribution in [0.15, 0.2) is 42.6 Å². The van der Waals surface area contributed by atoms with Crippen LogP contribution in [0.3, 0.4) is 0 Å². The van der Waals surface area contributed by atoms with E-state index in [0.29, 0.717) is 22.5 Å². The maximum atomic E-state index is 12.8. The van der Waals surface area contributed by atoms with Gasteiger partial charge in [0, 0.05) is 40.8 Å². The quantitative estimate of drug-likeness (QED) is 0.426. The molecule has 1 heterocycles. The molecule has 3 rings (SSSR count). The van der Waals surface area contributed by atoms with Crippen LogP contribution in [0.5, 0.6) is 0 Å². The molecule has 0 bridgehead atoms. The van der Waals surface area contributed by atoms with E-state index < -0.39 is 10.8 Å². The monoisotopic (exact) mass is 400 g/mol. The fourth-order valence-corrected chi connectivity index (χ4v) is 2.92.